The van der Waals surface area contributed by atoms with Crippen LogP contribution < -0.4 is 0 Å². The zero-order chi connectivity index (χ0) is 75.9. The zero-order valence-electron chi connectivity index (χ0n) is 59.7. The predicted octanol–water partition coefficient (Wildman–Crippen LogP) is -5.53. The van der Waals surface area contributed by atoms with Crippen molar-refractivity contribution in [3.8, 4) is 0 Å². The van der Waals surface area contributed by atoms with Crippen LogP contribution in [0, 0.1) is 50.2 Å². The van der Waals surface area contributed by atoms with Gasteiger partial charge in [0.2, 0.25) is 6.29 Å². The summed E-state index contributed by atoms with van der Waals surface area (Å²) in [6.45, 7) is 15.3. The molecule has 5 aliphatic carbocycles. The lowest BCUT2D eigenvalue weighted by atomic mass is 9.33. The van der Waals surface area contributed by atoms with Crippen LogP contribution in [0.3, 0.4) is 0 Å². The Kier molecular flexibility index (Phi) is 23.5. The summed E-state index contributed by atoms with van der Waals surface area (Å²) in [6.07, 6.45) is -52.2. The van der Waals surface area contributed by atoms with Crippen molar-refractivity contribution < 1.29 is 173 Å². The van der Waals surface area contributed by atoms with Crippen molar-refractivity contribution >= 4 is 11.9 Å². The van der Waals surface area contributed by atoms with Crippen LogP contribution in [0.4, 0.5) is 0 Å². The second-order valence-electron chi connectivity index (χ2n) is 33.5. The van der Waals surface area contributed by atoms with Crippen LogP contribution in [-0.2, 0) is 75.9 Å². The number of aliphatic hydroxyl groups excluding tert-OH is 18. The van der Waals surface area contributed by atoms with Gasteiger partial charge < -0.3 is 163 Å². The highest BCUT2D eigenvalue weighted by molar-refractivity contribution is 5.80. The number of carboxylic acids is 1. The summed E-state index contributed by atoms with van der Waals surface area (Å²) in [5.41, 5.74) is -3.51. The highest BCUT2D eigenvalue weighted by atomic mass is 16.8. The lowest BCUT2D eigenvalue weighted by Crippen LogP contribution is -2.69. The van der Waals surface area contributed by atoms with Gasteiger partial charge in [-0.15, -0.1) is 0 Å². The Hall–Kier alpha value is -2.56. The molecule has 7 aliphatic heterocycles. The normalized spacial score (nSPS) is 54.6. The molecule has 0 aromatic rings. The maximum Gasteiger partial charge on any atom is 0.335 e. The van der Waals surface area contributed by atoms with E-state index < -0.39 is 280 Å². The molecule has 12 aliphatic rings. The molecule has 0 aromatic carbocycles. The molecule has 4 saturated carbocycles. The topological polar surface area (TPSA) is 548 Å². The minimum Gasteiger partial charge on any atom is -0.479 e. The summed E-state index contributed by atoms with van der Waals surface area (Å²) in [6, 6.07) is 0. The van der Waals surface area contributed by atoms with Crippen LogP contribution in [0.25, 0.3) is 0 Å². The lowest BCUT2D eigenvalue weighted by molar-refractivity contribution is -0.387. The number of aliphatic hydroxyl groups is 18. The van der Waals surface area contributed by atoms with Gasteiger partial charge in [0, 0.05) is 0 Å². The molecule has 0 amide bonds. The SMILES string of the molecule is CC1OC(OC2C(O)COC(OC(=O)C34CCC(C)(C)CC3C3=CCC5C6(C)CCC(OC7OC(C(=O)O)C(O)C(OC8OC(CO)C(O)C(O)C8O)C7O)C(C)(C)C6CCC5(C)C3(C)CC4O)C2OC2OC(C)C(OC3OCC(O)C(OC4OCC(O)C(O)C4O)C3O)C(O)C2O)C(O)C(O)C1O. The summed E-state index contributed by atoms with van der Waals surface area (Å²) in [7, 11) is 0. The van der Waals surface area contributed by atoms with Gasteiger partial charge >= 0.3 is 11.9 Å². The van der Waals surface area contributed by atoms with Crippen molar-refractivity contribution in [2.45, 2.75) is 329 Å². The first kappa shape index (κ1) is 80.9. The second kappa shape index (κ2) is 30.2. The first-order valence-electron chi connectivity index (χ1n) is 36.4. The molecule has 0 spiro atoms. The van der Waals surface area contributed by atoms with Crippen molar-refractivity contribution in [3.63, 3.8) is 0 Å². The number of hydrogen-bond donors (Lipinski definition) is 19. The quantitative estimate of drug-likeness (QED) is 0.0389. The van der Waals surface area contributed by atoms with Gasteiger partial charge in [-0.05, 0) is 116 Å². The van der Waals surface area contributed by atoms with Gasteiger partial charge in [0.05, 0.1) is 50.8 Å². The van der Waals surface area contributed by atoms with E-state index in [1.54, 1.807) is 0 Å². The average molecular weight is 1500 g/mol. The van der Waals surface area contributed by atoms with Crippen molar-refractivity contribution in [1.29, 1.82) is 0 Å². The van der Waals surface area contributed by atoms with Crippen molar-refractivity contribution in [2.75, 3.05) is 26.4 Å². The molecule has 0 bridgehead atoms. The Labute approximate surface area is 600 Å². The molecule has 7 heterocycles. The van der Waals surface area contributed by atoms with E-state index in [1.165, 1.54) is 13.8 Å². The molecule has 12 rings (SSSR count). The van der Waals surface area contributed by atoms with E-state index >= 15 is 4.79 Å². The highest BCUT2D eigenvalue weighted by Crippen LogP contribution is 2.76. The van der Waals surface area contributed by atoms with E-state index in [0.29, 0.717) is 44.9 Å². The van der Waals surface area contributed by atoms with E-state index in [2.05, 4.69) is 40.7 Å². The molecule has 596 valence electrons. The molecule has 35 heteroatoms. The fourth-order valence-electron chi connectivity index (χ4n) is 20.1. The van der Waals surface area contributed by atoms with Gasteiger partial charge in [0.25, 0.3) is 0 Å². The third-order valence-electron chi connectivity index (χ3n) is 26.5. The highest BCUT2D eigenvalue weighted by Gasteiger charge is 2.73. The molecule has 41 atom stereocenters. The number of allylic oxidation sites excluding steroid dienone is 2. The molecule has 41 unspecified atom stereocenters. The summed E-state index contributed by atoms with van der Waals surface area (Å²) < 4.78 is 83.7. The molecule has 19 N–H and O–H groups in total. The Bertz CT molecular complexity index is 3020. The number of ether oxygens (including phenoxy) is 14. The van der Waals surface area contributed by atoms with Gasteiger partial charge in [0.1, 0.15) is 134 Å². The molecule has 0 aromatic heterocycles. The number of fused-ring (bicyclic) bond motifs is 7. The largest absolute Gasteiger partial charge is 0.479 e. The standard InChI is InChI=1S/C69H110O35/c1-24-36(75)39(78)43(82)58(94-24)100-51-30(73)23-93-62(54(51)103-59-45(84)41(80)49(25(2)95-59)98-57-47(86)50(29(72)22-92-57)99-56-42(81)37(76)28(71)21-91-56)104-63(90)69-17-16-64(3,4)18-27(69)26-10-11-33-66(7)14-13-35(65(5,6)32(66)12-15-67(33,8)68(26,9)19-34(69)74)97-61-48(87)52(46(85)53(102-61)55(88)89)101-60-44(83)40(79)38(77)31(20-70)96-60/h10,24-25,27-54,56-62,70-87H,11-23H2,1-9H3,(H,88,89). The second-order valence-corrected chi connectivity index (χ2v) is 33.5. The Morgan fingerprint density at radius 2 is 1.00 bits per heavy atom. The minimum absolute atomic E-state index is 0.0407. The molecule has 11 fully saturated rings. The summed E-state index contributed by atoms with van der Waals surface area (Å²) in [4.78, 5) is 28.6. The van der Waals surface area contributed by atoms with Crippen molar-refractivity contribution in [3.05, 3.63) is 11.6 Å². The summed E-state index contributed by atoms with van der Waals surface area (Å²) in [5, 5.41) is 210. The van der Waals surface area contributed by atoms with Crippen LogP contribution in [0.5, 0.6) is 0 Å². The smallest absolute Gasteiger partial charge is 0.335 e. The third kappa shape index (κ3) is 13.9. The predicted molar refractivity (Wildman–Crippen MR) is 342 cm³/mol. The van der Waals surface area contributed by atoms with Gasteiger partial charge in [-0.3, -0.25) is 4.79 Å². The molecular weight excluding hydrogens is 1390 g/mol. The van der Waals surface area contributed by atoms with Crippen molar-refractivity contribution in [1.82, 2.24) is 0 Å². The lowest BCUT2D eigenvalue weighted by Gasteiger charge is -2.71. The number of rotatable bonds is 16. The first-order valence-corrected chi connectivity index (χ1v) is 36.4. The van der Waals surface area contributed by atoms with Crippen LogP contribution >= 0.6 is 0 Å². The van der Waals surface area contributed by atoms with E-state index in [1.807, 2.05) is 13.8 Å². The number of carbonyl (C=O) groups is 2. The minimum atomic E-state index is -2.10. The van der Waals surface area contributed by atoms with E-state index in [9.17, 15) is 102 Å². The van der Waals surface area contributed by atoms with Gasteiger partial charge in [-0.2, -0.15) is 0 Å². The Morgan fingerprint density at radius 1 is 0.471 bits per heavy atom. The van der Waals surface area contributed by atoms with E-state index in [4.69, 9.17) is 66.3 Å². The first-order chi connectivity index (χ1) is 48.7. The van der Waals surface area contributed by atoms with Crippen LogP contribution in [0.15, 0.2) is 11.6 Å². The van der Waals surface area contributed by atoms with Crippen LogP contribution in [-0.4, -0.2) is 344 Å². The molecular formula is C69H110O35. The molecule has 7 saturated heterocycles. The summed E-state index contributed by atoms with van der Waals surface area (Å²) >= 11 is 0. The van der Waals surface area contributed by atoms with Crippen LogP contribution in [0.2, 0.25) is 0 Å². The zero-order valence-corrected chi connectivity index (χ0v) is 59.7. The average Bonchev–Trinajstić information content (AvgIpc) is 0.670. The van der Waals surface area contributed by atoms with Crippen molar-refractivity contribution in [2.24, 2.45) is 50.2 Å². The number of carboxylic acid groups (broad SMARTS) is 1. The Morgan fingerprint density at radius 3 is 1.65 bits per heavy atom. The molecule has 35 nitrogen and oxygen atoms in total. The Balaban J connectivity index is 0.785. The monoisotopic (exact) mass is 1500 g/mol. The maximum absolute atomic E-state index is 16.0. The maximum atomic E-state index is 16.0. The van der Waals surface area contributed by atoms with E-state index in [0.717, 1.165) is 5.57 Å². The van der Waals surface area contributed by atoms with Gasteiger partial charge in [-0.1, -0.05) is 60.1 Å². The van der Waals surface area contributed by atoms with Crippen LogP contribution in [0.1, 0.15) is 120 Å². The number of carbonyl (C=O) groups excluding carboxylic acids is 1. The number of aliphatic carboxylic acids is 1. The van der Waals surface area contributed by atoms with Gasteiger partial charge in [-0.25, -0.2) is 4.79 Å². The summed E-state index contributed by atoms with van der Waals surface area (Å²) in [5.74, 6) is -3.30. The number of esters is 1. The molecule has 0 radical (unpaired) electrons. The third-order valence-corrected chi connectivity index (χ3v) is 26.5. The van der Waals surface area contributed by atoms with Gasteiger partial charge in [0.15, 0.2) is 49.9 Å². The molecule has 104 heavy (non-hydrogen) atoms. The fourth-order valence-corrected chi connectivity index (χ4v) is 20.1. The number of hydrogen-bond acceptors (Lipinski definition) is 34. The fraction of sp³-hybridized carbons (Fsp3) is 0.942. The van der Waals surface area contributed by atoms with E-state index in [-0.39, 0.29) is 30.1 Å².